The lowest BCUT2D eigenvalue weighted by Crippen LogP contribution is -2.33. The molecule has 1 aliphatic rings. The number of ether oxygens (including phenoxy) is 1. The van der Waals surface area contributed by atoms with Crippen molar-refractivity contribution in [1.82, 2.24) is 19.6 Å². The van der Waals surface area contributed by atoms with Crippen LogP contribution in [0.15, 0.2) is 60.0 Å². The molecule has 1 aliphatic carbocycles. The van der Waals surface area contributed by atoms with Gasteiger partial charge in [0.2, 0.25) is 10.0 Å². The molecule has 1 aromatic heterocycles. The number of methoxy groups -OCH3 is 1. The molecule has 8 nitrogen and oxygen atoms in total. The van der Waals surface area contributed by atoms with E-state index in [1.807, 2.05) is 0 Å². The zero-order valence-electron chi connectivity index (χ0n) is 18.1. The zero-order chi connectivity index (χ0) is 23.4. The molecular weight excluding hydrogens is 447 g/mol. The fourth-order valence-corrected chi connectivity index (χ4v) is 5.41. The van der Waals surface area contributed by atoms with E-state index in [-0.39, 0.29) is 28.8 Å². The van der Waals surface area contributed by atoms with E-state index in [1.54, 1.807) is 29.1 Å². The summed E-state index contributed by atoms with van der Waals surface area (Å²) in [4.78, 5) is 16.5. The van der Waals surface area contributed by atoms with E-state index in [9.17, 15) is 17.6 Å². The van der Waals surface area contributed by atoms with Crippen LogP contribution in [-0.2, 0) is 16.6 Å². The van der Waals surface area contributed by atoms with Crippen LogP contribution in [0.2, 0.25) is 0 Å². The van der Waals surface area contributed by atoms with Gasteiger partial charge in [-0.3, -0.25) is 4.79 Å². The first-order valence-corrected chi connectivity index (χ1v) is 12.1. The van der Waals surface area contributed by atoms with Crippen molar-refractivity contribution in [3.63, 3.8) is 0 Å². The van der Waals surface area contributed by atoms with Crippen LogP contribution in [0.25, 0.3) is 5.69 Å². The fraction of sp³-hybridized carbons (Fsp3) is 0.304. The molecule has 0 spiro atoms. The number of amides is 1. The van der Waals surface area contributed by atoms with E-state index in [0.717, 1.165) is 25.7 Å². The van der Waals surface area contributed by atoms with E-state index in [4.69, 9.17) is 4.74 Å². The molecule has 1 heterocycles. The van der Waals surface area contributed by atoms with E-state index < -0.39 is 21.7 Å². The Labute approximate surface area is 191 Å². The topological polar surface area (TPSA) is 102 Å². The van der Waals surface area contributed by atoms with Crippen molar-refractivity contribution in [3.05, 3.63) is 72.1 Å². The lowest BCUT2D eigenvalue weighted by Gasteiger charge is -2.16. The van der Waals surface area contributed by atoms with Crippen LogP contribution in [0, 0.1) is 5.82 Å². The van der Waals surface area contributed by atoms with Crippen LogP contribution in [0.1, 0.15) is 41.6 Å². The fourth-order valence-electron chi connectivity index (χ4n) is 3.91. The van der Waals surface area contributed by atoms with Gasteiger partial charge in [0.25, 0.3) is 5.91 Å². The minimum absolute atomic E-state index is 0.0778. The van der Waals surface area contributed by atoms with Crippen molar-refractivity contribution in [1.29, 1.82) is 0 Å². The quantitative estimate of drug-likeness (QED) is 0.524. The third-order valence-electron chi connectivity index (χ3n) is 5.64. The Hall–Kier alpha value is -3.24. The second kappa shape index (κ2) is 9.72. The van der Waals surface area contributed by atoms with Crippen LogP contribution in [0.4, 0.5) is 4.39 Å². The maximum absolute atomic E-state index is 14.4. The lowest BCUT2D eigenvalue weighted by molar-refractivity contribution is 0.0950. The predicted molar refractivity (Wildman–Crippen MR) is 120 cm³/mol. The summed E-state index contributed by atoms with van der Waals surface area (Å²) < 4.78 is 49.8. The molecule has 0 atom stereocenters. The highest BCUT2D eigenvalue weighted by atomic mass is 32.2. The predicted octanol–water partition coefficient (Wildman–Crippen LogP) is 3.17. The SMILES string of the molecule is COc1ccc(C(=O)NCc2ccc(-n3ccnc3)c(F)c2)cc1S(=O)(=O)NC1CCCC1. The highest BCUT2D eigenvalue weighted by Gasteiger charge is 2.26. The van der Waals surface area contributed by atoms with Gasteiger partial charge in [-0.1, -0.05) is 18.9 Å². The number of carbonyl (C=O) groups is 1. The van der Waals surface area contributed by atoms with Gasteiger partial charge >= 0.3 is 0 Å². The summed E-state index contributed by atoms with van der Waals surface area (Å²) in [5.74, 6) is -0.765. The molecule has 2 aromatic carbocycles. The number of imidazole rings is 1. The Morgan fingerprint density at radius 2 is 2.00 bits per heavy atom. The number of nitrogens with zero attached hydrogens (tertiary/aromatic N) is 2. The van der Waals surface area contributed by atoms with Gasteiger partial charge in [-0.25, -0.2) is 22.5 Å². The Morgan fingerprint density at radius 1 is 1.21 bits per heavy atom. The number of rotatable bonds is 8. The minimum Gasteiger partial charge on any atom is -0.495 e. The average Bonchev–Trinajstić information content (AvgIpc) is 3.51. The molecular formula is C23H25FN4O4S. The lowest BCUT2D eigenvalue weighted by atomic mass is 10.1. The first-order valence-electron chi connectivity index (χ1n) is 10.6. The summed E-state index contributed by atoms with van der Waals surface area (Å²) in [5, 5.41) is 2.71. The van der Waals surface area contributed by atoms with Crippen LogP contribution in [0.3, 0.4) is 0 Å². The maximum atomic E-state index is 14.4. The summed E-state index contributed by atoms with van der Waals surface area (Å²) in [6.07, 6.45) is 8.23. The van der Waals surface area contributed by atoms with E-state index in [1.165, 1.54) is 37.7 Å². The Kier molecular flexibility index (Phi) is 6.75. The van der Waals surface area contributed by atoms with Crippen LogP contribution >= 0.6 is 0 Å². The zero-order valence-corrected chi connectivity index (χ0v) is 18.9. The Balaban J connectivity index is 1.48. The number of hydrogen-bond acceptors (Lipinski definition) is 5. The van der Waals surface area contributed by atoms with Gasteiger partial charge in [-0.2, -0.15) is 0 Å². The van der Waals surface area contributed by atoms with Crippen LogP contribution < -0.4 is 14.8 Å². The van der Waals surface area contributed by atoms with E-state index in [0.29, 0.717) is 11.3 Å². The number of nitrogens with one attached hydrogen (secondary N) is 2. The number of benzene rings is 2. The van der Waals surface area contributed by atoms with Gasteiger partial charge in [0.15, 0.2) is 0 Å². The van der Waals surface area contributed by atoms with Gasteiger partial charge in [0.05, 0.1) is 19.1 Å². The van der Waals surface area contributed by atoms with E-state index in [2.05, 4.69) is 15.0 Å². The van der Waals surface area contributed by atoms with Crippen molar-refractivity contribution in [2.45, 2.75) is 43.2 Å². The maximum Gasteiger partial charge on any atom is 0.251 e. The third-order valence-corrected chi connectivity index (χ3v) is 7.18. The molecule has 2 N–H and O–H groups in total. The molecule has 1 fully saturated rings. The standard InChI is InChI=1S/C23H25FN4O4S/c1-32-21-9-7-17(13-22(21)33(30,31)27-18-4-2-3-5-18)23(29)26-14-16-6-8-20(19(24)12-16)28-11-10-25-15-28/h6-13,15,18,27H,2-5,14H2,1H3,(H,26,29). The number of carbonyl (C=O) groups excluding carboxylic acids is 1. The number of halogens is 1. The van der Waals surface area contributed by atoms with Crippen molar-refractivity contribution < 1.29 is 22.3 Å². The second-order valence-corrected chi connectivity index (χ2v) is 9.59. The molecule has 0 bridgehead atoms. The van der Waals surface area contributed by atoms with Gasteiger partial charge < -0.3 is 14.6 Å². The highest BCUT2D eigenvalue weighted by Crippen LogP contribution is 2.27. The van der Waals surface area contributed by atoms with E-state index >= 15 is 0 Å². The Bertz CT molecular complexity index is 1240. The molecule has 0 aliphatic heterocycles. The van der Waals surface area contributed by atoms with Crippen LogP contribution in [-0.4, -0.2) is 37.0 Å². The number of sulfonamides is 1. The summed E-state index contributed by atoms with van der Waals surface area (Å²) in [7, 11) is -2.47. The van der Waals surface area contributed by atoms with Gasteiger partial charge in [0.1, 0.15) is 16.5 Å². The third kappa shape index (κ3) is 5.23. The summed E-state index contributed by atoms with van der Waals surface area (Å²) in [5.41, 5.74) is 1.08. The second-order valence-electron chi connectivity index (χ2n) is 7.91. The molecule has 1 saturated carbocycles. The number of hydrogen-bond donors (Lipinski definition) is 2. The van der Waals surface area contributed by atoms with Crippen molar-refractivity contribution in [2.75, 3.05) is 7.11 Å². The first-order chi connectivity index (χ1) is 15.9. The average molecular weight is 473 g/mol. The molecule has 1 amide bonds. The number of aromatic nitrogens is 2. The molecule has 0 saturated heterocycles. The normalized spacial score (nSPS) is 14.4. The molecule has 3 aromatic rings. The molecule has 0 unspecified atom stereocenters. The largest absolute Gasteiger partial charge is 0.495 e. The molecule has 0 radical (unpaired) electrons. The van der Waals surface area contributed by atoms with Crippen molar-refractivity contribution >= 4 is 15.9 Å². The minimum atomic E-state index is -3.85. The summed E-state index contributed by atoms with van der Waals surface area (Å²) in [6, 6.07) is 8.78. The monoisotopic (exact) mass is 472 g/mol. The first kappa shape index (κ1) is 22.9. The summed E-state index contributed by atoms with van der Waals surface area (Å²) in [6.45, 7) is 0.0778. The van der Waals surface area contributed by atoms with Gasteiger partial charge in [-0.15, -0.1) is 0 Å². The molecule has 10 heteroatoms. The van der Waals surface area contributed by atoms with Gasteiger partial charge in [0, 0.05) is 30.5 Å². The van der Waals surface area contributed by atoms with Crippen LogP contribution in [0.5, 0.6) is 5.75 Å². The smallest absolute Gasteiger partial charge is 0.251 e. The molecule has 4 rings (SSSR count). The summed E-state index contributed by atoms with van der Waals surface area (Å²) >= 11 is 0. The Morgan fingerprint density at radius 3 is 2.67 bits per heavy atom. The van der Waals surface area contributed by atoms with Gasteiger partial charge in [-0.05, 0) is 48.7 Å². The molecule has 33 heavy (non-hydrogen) atoms. The van der Waals surface area contributed by atoms with Crippen molar-refractivity contribution in [3.8, 4) is 11.4 Å². The highest BCUT2D eigenvalue weighted by molar-refractivity contribution is 7.89. The molecule has 174 valence electrons. The van der Waals surface area contributed by atoms with Crippen molar-refractivity contribution in [2.24, 2.45) is 0 Å².